The molecule has 2 nitrogen and oxygen atoms in total. The van der Waals surface area contributed by atoms with Gasteiger partial charge in [0.25, 0.3) is 0 Å². The van der Waals surface area contributed by atoms with E-state index < -0.39 is 17.9 Å². The molecule has 4 aliphatic rings. The Hall–Kier alpha value is -1.07. The largest absolute Gasteiger partial charge is 0.417 e. The summed E-state index contributed by atoms with van der Waals surface area (Å²) in [5, 5.41) is 20.0. The molecular weight excluding hydrogens is 401 g/mol. The maximum absolute atomic E-state index is 12.7. The Bertz CT molecular complexity index is 808. The van der Waals surface area contributed by atoms with Crippen molar-refractivity contribution >= 4 is 0 Å². The maximum Gasteiger partial charge on any atom is 0.417 e. The van der Waals surface area contributed by atoms with Gasteiger partial charge in [-0.05, 0) is 86.4 Å². The summed E-state index contributed by atoms with van der Waals surface area (Å²) in [5.74, 6) is 1.61. The highest BCUT2D eigenvalue weighted by Gasteiger charge is 2.57. The molecule has 31 heavy (non-hydrogen) atoms. The molecule has 8 atom stereocenters. The second-order valence-corrected chi connectivity index (χ2v) is 11.4. The molecule has 2 N–H and O–H groups in total. The molecule has 0 radical (unpaired) electrons. The number of halogens is 3. The van der Waals surface area contributed by atoms with E-state index in [1.807, 2.05) is 13.8 Å². The van der Waals surface area contributed by atoms with Gasteiger partial charge >= 0.3 is 6.18 Å². The van der Waals surface area contributed by atoms with Crippen LogP contribution in [0.25, 0.3) is 0 Å². The lowest BCUT2D eigenvalue weighted by Gasteiger charge is -2.58. The van der Waals surface area contributed by atoms with Crippen LogP contribution in [0.2, 0.25) is 0 Å². The molecular formula is C26H37F3O2. The van der Waals surface area contributed by atoms with Gasteiger partial charge in [-0.2, -0.15) is 13.2 Å². The van der Waals surface area contributed by atoms with Crippen molar-refractivity contribution in [3.8, 4) is 0 Å². The minimum absolute atomic E-state index is 0.00989. The first-order valence-electron chi connectivity index (χ1n) is 11.8. The molecule has 174 valence electrons. The van der Waals surface area contributed by atoms with Crippen LogP contribution in [0, 0.1) is 34.5 Å². The number of allylic oxidation sites excluding steroid dienone is 4. The predicted molar refractivity (Wildman–Crippen MR) is 116 cm³/mol. The van der Waals surface area contributed by atoms with Crippen LogP contribution in [0.1, 0.15) is 72.6 Å². The van der Waals surface area contributed by atoms with Crippen molar-refractivity contribution in [1.29, 1.82) is 0 Å². The summed E-state index contributed by atoms with van der Waals surface area (Å²) in [6, 6.07) is 0. The van der Waals surface area contributed by atoms with E-state index >= 15 is 0 Å². The number of aliphatic hydroxyl groups excluding tert-OH is 1. The van der Waals surface area contributed by atoms with E-state index in [1.54, 1.807) is 0 Å². The summed E-state index contributed by atoms with van der Waals surface area (Å²) in [5.41, 5.74) is 2.27. The lowest BCUT2D eigenvalue weighted by atomic mass is 9.46. The summed E-state index contributed by atoms with van der Waals surface area (Å²) in [4.78, 5) is 0. The molecule has 0 bridgehead atoms. The zero-order chi connectivity index (χ0) is 22.8. The van der Waals surface area contributed by atoms with Crippen LogP contribution in [0.5, 0.6) is 0 Å². The molecule has 0 aromatic carbocycles. The Balaban J connectivity index is 1.54. The van der Waals surface area contributed by atoms with Crippen LogP contribution in [-0.4, -0.2) is 28.1 Å². The molecule has 4 rings (SSSR count). The second-order valence-electron chi connectivity index (χ2n) is 11.4. The monoisotopic (exact) mass is 438 g/mol. The third-order valence-electron chi connectivity index (χ3n) is 9.43. The van der Waals surface area contributed by atoms with Crippen LogP contribution in [-0.2, 0) is 0 Å². The van der Waals surface area contributed by atoms with Crippen molar-refractivity contribution in [3.05, 3.63) is 35.5 Å². The number of alkyl halides is 3. The quantitative estimate of drug-likeness (QED) is 0.504. The Morgan fingerprint density at radius 3 is 2.39 bits per heavy atom. The lowest BCUT2D eigenvalue weighted by molar-refractivity contribution is -0.187. The molecule has 0 heterocycles. The molecule has 0 spiro atoms. The average Bonchev–Trinajstić information content (AvgIpc) is 3.02. The van der Waals surface area contributed by atoms with E-state index in [-0.39, 0.29) is 16.7 Å². The lowest BCUT2D eigenvalue weighted by Crippen LogP contribution is -2.51. The summed E-state index contributed by atoms with van der Waals surface area (Å²) in [7, 11) is 0. The third kappa shape index (κ3) is 3.84. The van der Waals surface area contributed by atoms with E-state index in [4.69, 9.17) is 0 Å². The third-order valence-corrected chi connectivity index (χ3v) is 9.43. The average molecular weight is 439 g/mol. The van der Waals surface area contributed by atoms with Gasteiger partial charge in [-0.25, -0.2) is 0 Å². The molecule has 0 aliphatic heterocycles. The Kier molecular flexibility index (Phi) is 5.57. The van der Waals surface area contributed by atoms with Gasteiger partial charge in [-0.1, -0.05) is 56.2 Å². The summed E-state index contributed by atoms with van der Waals surface area (Å²) in [6.07, 6.45) is 6.98. The van der Waals surface area contributed by atoms with Gasteiger partial charge in [0, 0.05) is 0 Å². The van der Waals surface area contributed by atoms with Crippen molar-refractivity contribution < 1.29 is 23.4 Å². The van der Waals surface area contributed by atoms with E-state index in [1.165, 1.54) is 17.2 Å². The first-order valence-corrected chi connectivity index (χ1v) is 11.8. The number of rotatable bonds is 3. The van der Waals surface area contributed by atoms with Crippen LogP contribution >= 0.6 is 0 Å². The van der Waals surface area contributed by atoms with E-state index in [0.717, 1.165) is 51.0 Å². The molecule has 4 aliphatic carbocycles. The second kappa shape index (κ2) is 7.48. The van der Waals surface area contributed by atoms with Gasteiger partial charge in [0.1, 0.15) is 0 Å². The zero-order valence-corrected chi connectivity index (χ0v) is 19.2. The fraction of sp³-hybridized carbons (Fsp3) is 0.769. The van der Waals surface area contributed by atoms with Crippen molar-refractivity contribution in [2.45, 2.75) is 90.5 Å². The van der Waals surface area contributed by atoms with E-state index in [0.29, 0.717) is 17.8 Å². The van der Waals surface area contributed by atoms with Crippen LogP contribution < -0.4 is 0 Å². The van der Waals surface area contributed by atoms with Gasteiger partial charge in [-0.15, -0.1) is 0 Å². The Morgan fingerprint density at radius 2 is 1.71 bits per heavy atom. The van der Waals surface area contributed by atoms with Gasteiger partial charge in [-0.3, -0.25) is 0 Å². The SMILES string of the molecule is C[C@H](/C=C/[C@H](O)C(F)(F)F)C1=CC[C@H]2[C@@H]3CC=C4C[C@@](C)(O)CC[C@]4(C)[C@H]3CC[C@]12C. The number of aliphatic hydroxyl groups is 2. The summed E-state index contributed by atoms with van der Waals surface area (Å²) >= 11 is 0. The molecule has 0 amide bonds. The first kappa shape index (κ1) is 23.1. The highest BCUT2D eigenvalue weighted by atomic mass is 19.4. The summed E-state index contributed by atoms with van der Waals surface area (Å²) in [6.45, 7) is 8.62. The van der Waals surface area contributed by atoms with Gasteiger partial charge in [0.2, 0.25) is 0 Å². The van der Waals surface area contributed by atoms with Crippen molar-refractivity contribution in [2.24, 2.45) is 34.5 Å². The molecule has 0 saturated heterocycles. The minimum atomic E-state index is -4.61. The fourth-order valence-corrected chi connectivity index (χ4v) is 7.60. The smallest absolute Gasteiger partial charge is 0.390 e. The topological polar surface area (TPSA) is 40.5 Å². The Morgan fingerprint density at radius 1 is 1.00 bits per heavy atom. The molecule has 0 aromatic rings. The number of fused-ring (bicyclic) bond motifs is 5. The molecule has 2 saturated carbocycles. The highest BCUT2D eigenvalue weighted by Crippen LogP contribution is 2.66. The van der Waals surface area contributed by atoms with E-state index in [9.17, 15) is 23.4 Å². The van der Waals surface area contributed by atoms with Crippen LogP contribution in [0.3, 0.4) is 0 Å². The van der Waals surface area contributed by atoms with Gasteiger partial charge in [0.05, 0.1) is 5.60 Å². The predicted octanol–water partition coefficient (Wildman–Crippen LogP) is 6.35. The van der Waals surface area contributed by atoms with Crippen molar-refractivity contribution in [1.82, 2.24) is 0 Å². The molecule has 0 aromatic heterocycles. The Labute approximate surface area is 184 Å². The van der Waals surface area contributed by atoms with Crippen molar-refractivity contribution in [2.75, 3.05) is 0 Å². The maximum atomic E-state index is 12.7. The van der Waals surface area contributed by atoms with Gasteiger partial charge in [0.15, 0.2) is 6.10 Å². The normalized spacial score (nSPS) is 44.7. The highest BCUT2D eigenvalue weighted by molar-refractivity contribution is 5.33. The van der Waals surface area contributed by atoms with E-state index in [2.05, 4.69) is 26.0 Å². The number of hydrogen-bond donors (Lipinski definition) is 2. The zero-order valence-electron chi connectivity index (χ0n) is 19.2. The molecule has 0 unspecified atom stereocenters. The summed E-state index contributed by atoms with van der Waals surface area (Å²) < 4.78 is 38.1. The number of hydrogen-bond acceptors (Lipinski definition) is 2. The van der Waals surface area contributed by atoms with Crippen molar-refractivity contribution in [3.63, 3.8) is 0 Å². The fourth-order valence-electron chi connectivity index (χ4n) is 7.60. The van der Waals surface area contributed by atoms with Crippen LogP contribution in [0.4, 0.5) is 13.2 Å². The molecule has 2 fully saturated rings. The van der Waals surface area contributed by atoms with Crippen LogP contribution in [0.15, 0.2) is 35.5 Å². The molecule has 5 heteroatoms. The standard InChI is InChI=1S/C26H37F3O2/c1-16(5-10-22(30)26(27,28)29)19-8-9-20-18-7-6-17-15-23(2,31)13-14-24(17,3)21(18)11-12-25(19,20)4/h5-6,8,10,16,18,20-22,30-31H,7,9,11-15H2,1-4H3/b10-5+/t16-,18+,20+,21+,22+,23+,24+,25-/m1/s1. The minimum Gasteiger partial charge on any atom is -0.390 e. The first-order chi connectivity index (χ1) is 14.3. The van der Waals surface area contributed by atoms with Gasteiger partial charge < -0.3 is 10.2 Å².